The second-order valence-corrected chi connectivity index (χ2v) is 6.99. The molecule has 3 rings (SSSR count). The standard InChI is InChI=1S/C19H23N5O2/c1-5-15-11-17(24-16(22-15)8-10-21-24)23(18(25)26-19(2,3)4)13-14-7-6-9-20-12-14/h6-12H,5,13H2,1-4H3. The first-order chi connectivity index (χ1) is 12.4. The molecule has 0 spiro atoms. The molecule has 0 radical (unpaired) electrons. The van der Waals surface area contributed by atoms with Gasteiger partial charge in [-0.05, 0) is 38.8 Å². The minimum Gasteiger partial charge on any atom is -0.443 e. The highest BCUT2D eigenvalue weighted by Crippen LogP contribution is 2.22. The minimum atomic E-state index is -0.603. The monoisotopic (exact) mass is 353 g/mol. The molecule has 0 aromatic carbocycles. The van der Waals surface area contributed by atoms with Gasteiger partial charge in [0.2, 0.25) is 0 Å². The van der Waals surface area contributed by atoms with Crippen LogP contribution in [0.15, 0.2) is 42.9 Å². The maximum Gasteiger partial charge on any atom is 0.416 e. The Labute approximate surface area is 152 Å². The van der Waals surface area contributed by atoms with Gasteiger partial charge >= 0.3 is 6.09 Å². The third kappa shape index (κ3) is 3.99. The average Bonchev–Trinajstić information content (AvgIpc) is 3.06. The van der Waals surface area contributed by atoms with Crippen LogP contribution in [0.4, 0.5) is 10.6 Å². The fourth-order valence-electron chi connectivity index (χ4n) is 2.55. The zero-order chi connectivity index (χ0) is 18.7. The van der Waals surface area contributed by atoms with Crippen molar-refractivity contribution in [1.82, 2.24) is 19.6 Å². The predicted octanol–water partition coefficient (Wildman–Crippen LogP) is 3.63. The number of amides is 1. The fraction of sp³-hybridized carbons (Fsp3) is 0.368. The lowest BCUT2D eigenvalue weighted by Crippen LogP contribution is -2.37. The van der Waals surface area contributed by atoms with Crippen LogP contribution in [0.3, 0.4) is 0 Å². The number of carbonyl (C=O) groups is 1. The van der Waals surface area contributed by atoms with E-state index in [4.69, 9.17) is 4.74 Å². The first-order valence-corrected chi connectivity index (χ1v) is 8.60. The molecule has 0 saturated heterocycles. The maximum atomic E-state index is 13.0. The second-order valence-electron chi connectivity index (χ2n) is 6.99. The van der Waals surface area contributed by atoms with E-state index < -0.39 is 11.7 Å². The predicted molar refractivity (Wildman–Crippen MR) is 99.0 cm³/mol. The summed E-state index contributed by atoms with van der Waals surface area (Å²) in [5.74, 6) is 0.620. The van der Waals surface area contributed by atoms with Gasteiger partial charge in [-0.2, -0.15) is 9.61 Å². The van der Waals surface area contributed by atoms with Crippen molar-refractivity contribution in [3.05, 3.63) is 54.1 Å². The summed E-state index contributed by atoms with van der Waals surface area (Å²) >= 11 is 0. The van der Waals surface area contributed by atoms with Crippen molar-refractivity contribution in [2.45, 2.75) is 46.3 Å². The second kappa shape index (κ2) is 7.11. The molecule has 3 heterocycles. The Bertz CT molecular complexity index is 899. The number of nitrogens with zero attached hydrogens (tertiary/aromatic N) is 5. The zero-order valence-electron chi connectivity index (χ0n) is 15.5. The molecule has 7 heteroatoms. The number of rotatable bonds is 4. The van der Waals surface area contributed by atoms with E-state index in [-0.39, 0.29) is 0 Å². The molecular formula is C19H23N5O2. The van der Waals surface area contributed by atoms with Crippen LogP contribution in [0.1, 0.15) is 39.0 Å². The molecule has 136 valence electrons. The molecule has 0 aliphatic carbocycles. The zero-order valence-corrected chi connectivity index (χ0v) is 15.5. The van der Waals surface area contributed by atoms with Gasteiger partial charge in [0.05, 0.1) is 12.7 Å². The first-order valence-electron chi connectivity index (χ1n) is 8.60. The van der Waals surface area contributed by atoms with Gasteiger partial charge in [-0.25, -0.2) is 9.78 Å². The van der Waals surface area contributed by atoms with E-state index in [0.717, 1.165) is 17.7 Å². The highest BCUT2D eigenvalue weighted by atomic mass is 16.6. The summed E-state index contributed by atoms with van der Waals surface area (Å²) in [6.07, 6.45) is 5.42. The van der Waals surface area contributed by atoms with Crippen molar-refractivity contribution in [3.63, 3.8) is 0 Å². The Morgan fingerprint density at radius 2 is 2.08 bits per heavy atom. The number of aromatic nitrogens is 4. The summed E-state index contributed by atoms with van der Waals surface area (Å²) in [4.78, 5) is 23.2. The molecule has 0 N–H and O–H groups in total. The van der Waals surface area contributed by atoms with Gasteiger partial charge in [0.15, 0.2) is 5.65 Å². The van der Waals surface area contributed by atoms with Crippen molar-refractivity contribution in [2.24, 2.45) is 0 Å². The van der Waals surface area contributed by atoms with Gasteiger partial charge in [-0.3, -0.25) is 9.88 Å². The van der Waals surface area contributed by atoms with E-state index in [1.54, 1.807) is 28.0 Å². The highest BCUT2D eigenvalue weighted by Gasteiger charge is 2.26. The van der Waals surface area contributed by atoms with Gasteiger partial charge in [-0.1, -0.05) is 13.0 Å². The van der Waals surface area contributed by atoms with E-state index in [1.807, 2.05) is 52.0 Å². The third-order valence-corrected chi connectivity index (χ3v) is 3.71. The Morgan fingerprint density at radius 3 is 2.73 bits per heavy atom. The Balaban J connectivity index is 2.08. The molecular weight excluding hydrogens is 330 g/mol. The molecule has 3 aromatic heterocycles. The smallest absolute Gasteiger partial charge is 0.416 e. The normalized spacial score (nSPS) is 11.5. The van der Waals surface area contributed by atoms with E-state index in [1.165, 1.54) is 0 Å². The van der Waals surface area contributed by atoms with Crippen LogP contribution in [-0.4, -0.2) is 31.3 Å². The molecule has 0 saturated carbocycles. The lowest BCUT2D eigenvalue weighted by atomic mass is 10.2. The minimum absolute atomic E-state index is 0.324. The van der Waals surface area contributed by atoms with E-state index in [2.05, 4.69) is 15.1 Å². The van der Waals surface area contributed by atoms with Crippen LogP contribution >= 0.6 is 0 Å². The average molecular weight is 353 g/mol. The van der Waals surface area contributed by atoms with Gasteiger partial charge in [-0.15, -0.1) is 0 Å². The quantitative estimate of drug-likeness (QED) is 0.716. The van der Waals surface area contributed by atoms with E-state index >= 15 is 0 Å². The molecule has 0 aliphatic heterocycles. The molecule has 7 nitrogen and oxygen atoms in total. The molecule has 0 unspecified atom stereocenters. The van der Waals surface area contributed by atoms with Crippen LogP contribution in [0.2, 0.25) is 0 Å². The van der Waals surface area contributed by atoms with Gasteiger partial charge in [0.25, 0.3) is 0 Å². The van der Waals surface area contributed by atoms with Gasteiger partial charge in [0, 0.05) is 30.2 Å². The molecule has 0 atom stereocenters. The number of fused-ring (bicyclic) bond motifs is 1. The lowest BCUT2D eigenvalue weighted by molar-refractivity contribution is 0.0575. The van der Waals surface area contributed by atoms with Crippen LogP contribution in [0, 0.1) is 0 Å². The van der Waals surface area contributed by atoms with Gasteiger partial charge in [0.1, 0.15) is 11.4 Å². The topological polar surface area (TPSA) is 72.6 Å². The Hall–Kier alpha value is -2.96. The number of ether oxygens (including phenoxy) is 1. The van der Waals surface area contributed by atoms with Crippen LogP contribution in [0.5, 0.6) is 0 Å². The number of anilines is 1. The van der Waals surface area contributed by atoms with Crippen molar-refractivity contribution in [3.8, 4) is 0 Å². The van der Waals surface area contributed by atoms with Crippen molar-refractivity contribution in [2.75, 3.05) is 4.90 Å². The first kappa shape index (κ1) is 17.8. The SMILES string of the molecule is CCc1cc(N(Cc2cccnc2)C(=O)OC(C)(C)C)n2nccc2n1. The number of carbonyl (C=O) groups excluding carboxylic acids is 1. The summed E-state index contributed by atoms with van der Waals surface area (Å²) in [6.45, 7) is 7.89. The van der Waals surface area contributed by atoms with Crippen molar-refractivity contribution < 1.29 is 9.53 Å². The van der Waals surface area contributed by atoms with E-state index in [9.17, 15) is 4.79 Å². The summed E-state index contributed by atoms with van der Waals surface area (Å²) in [7, 11) is 0. The lowest BCUT2D eigenvalue weighted by Gasteiger charge is -2.27. The fourth-order valence-corrected chi connectivity index (χ4v) is 2.55. The van der Waals surface area contributed by atoms with Crippen LogP contribution in [0.25, 0.3) is 5.65 Å². The highest BCUT2D eigenvalue weighted by molar-refractivity contribution is 5.87. The Kier molecular flexibility index (Phi) is 4.88. The molecule has 1 amide bonds. The van der Waals surface area contributed by atoms with Gasteiger partial charge < -0.3 is 4.74 Å². The summed E-state index contributed by atoms with van der Waals surface area (Å²) in [5.41, 5.74) is 1.87. The molecule has 26 heavy (non-hydrogen) atoms. The largest absolute Gasteiger partial charge is 0.443 e. The van der Waals surface area contributed by atoms with E-state index in [0.29, 0.717) is 18.0 Å². The summed E-state index contributed by atoms with van der Waals surface area (Å²) in [6, 6.07) is 7.46. The van der Waals surface area contributed by atoms with Crippen LogP contribution in [-0.2, 0) is 17.7 Å². The van der Waals surface area contributed by atoms with Crippen molar-refractivity contribution >= 4 is 17.6 Å². The number of pyridine rings is 1. The molecule has 0 aliphatic rings. The van der Waals surface area contributed by atoms with Crippen molar-refractivity contribution in [1.29, 1.82) is 0 Å². The number of aryl methyl sites for hydroxylation is 1. The third-order valence-electron chi connectivity index (χ3n) is 3.71. The molecule has 0 bridgehead atoms. The molecule has 0 fully saturated rings. The number of hydrogen-bond acceptors (Lipinski definition) is 5. The summed E-state index contributed by atoms with van der Waals surface area (Å²) in [5, 5.41) is 4.32. The number of hydrogen-bond donors (Lipinski definition) is 0. The molecule has 3 aromatic rings. The Morgan fingerprint density at radius 1 is 1.27 bits per heavy atom. The summed E-state index contributed by atoms with van der Waals surface area (Å²) < 4.78 is 7.28. The van der Waals surface area contributed by atoms with Crippen LogP contribution < -0.4 is 4.90 Å². The maximum absolute atomic E-state index is 13.0.